The number of likely N-dealkylation sites (tertiary alicyclic amines) is 1. The van der Waals surface area contributed by atoms with Crippen LogP contribution in [-0.2, 0) is 0 Å². The molecule has 2 saturated heterocycles. The number of rotatable bonds is 4. The first kappa shape index (κ1) is 19.9. The molecule has 5 heteroatoms. The zero-order chi connectivity index (χ0) is 19.3. The van der Waals surface area contributed by atoms with Crippen LogP contribution in [0.25, 0.3) is 0 Å². The maximum absolute atomic E-state index is 4.88. The van der Waals surface area contributed by atoms with Gasteiger partial charge in [-0.25, -0.2) is 4.98 Å². The molecule has 5 nitrogen and oxygen atoms in total. The molecule has 0 bridgehead atoms. The Morgan fingerprint density at radius 3 is 2.43 bits per heavy atom. The molecular formula is C23H39N5. The zero-order valence-electron chi connectivity index (χ0n) is 17.9. The fourth-order valence-corrected chi connectivity index (χ4v) is 5.74. The average molecular weight is 386 g/mol. The van der Waals surface area contributed by atoms with Crippen LogP contribution in [0.15, 0.2) is 12.3 Å². The van der Waals surface area contributed by atoms with Crippen molar-refractivity contribution in [3.8, 4) is 0 Å². The Bertz CT molecular complexity index is 603. The number of nitrogens with one attached hydrogen (secondary N) is 1. The molecule has 1 aromatic heterocycles. The van der Waals surface area contributed by atoms with Gasteiger partial charge in [-0.15, -0.1) is 0 Å². The van der Waals surface area contributed by atoms with Crippen molar-refractivity contribution in [1.29, 1.82) is 0 Å². The second-order valence-corrected chi connectivity index (χ2v) is 9.69. The Labute approximate surface area is 171 Å². The van der Waals surface area contributed by atoms with Crippen LogP contribution in [0.5, 0.6) is 0 Å². The Morgan fingerprint density at radius 1 is 0.929 bits per heavy atom. The van der Waals surface area contributed by atoms with Crippen LogP contribution >= 0.6 is 0 Å². The van der Waals surface area contributed by atoms with E-state index in [1.165, 1.54) is 64.3 Å². The largest absolute Gasteiger partial charge is 0.356 e. The summed E-state index contributed by atoms with van der Waals surface area (Å²) < 4.78 is 0. The molecule has 1 N–H and O–H groups in total. The minimum absolute atomic E-state index is 0.473. The predicted molar refractivity (Wildman–Crippen MR) is 117 cm³/mol. The fraction of sp³-hybridized carbons (Fsp3) is 0.826. The lowest BCUT2D eigenvalue weighted by molar-refractivity contribution is 0.0871. The molecule has 3 fully saturated rings. The molecule has 2 aliphatic heterocycles. The molecule has 3 heterocycles. The summed E-state index contributed by atoms with van der Waals surface area (Å²) in [7, 11) is 0. The first-order chi connectivity index (χ1) is 13.7. The van der Waals surface area contributed by atoms with Gasteiger partial charge in [0.15, 0.2) is 0 Å². The molecule has 0 radical (unpaired) electrons. The van der Waals surface area contributed by atoms with Gasteiger partial charge in [-0.2, -0.15) is 4.98 Å². The first-order valence-electron chi connectivity index (χ1n) is 11.8. The van der Waals surface area contributed by atoms with Gasteiger partial charge in [0.25, 0.3) is 0 Å². The van der Waals surface area contributed by atoms with Crippen molar-refractivity contribution in [2.24, 2.45) is 11.8 Å². The van der Waals surface area contributed by atoms with E-state index in [4.69, 9.17) is 4.98 Å². The van der Waals surface area contributed by atoms with Crippen molar-refractivity contribution in [2.45, 2.75) is 83.7 Å². The van der Waals surface area contributed by atoms with Gasteiger partial charge in [0.1, 0.15) is 5.82 Å². The van der Waals surface area contributed by atoms with Gasteiger partial charge in [-0.1, -0.05) is 26.7 Å². The molecule has 28 heavy (non-hydrogen) atoms. The number of anilines is 2. The zero-order valence-corrected chi connectivity index (χ0v) is 17.9. The second-order valence-electron chi connectivity index (χ2n) is 9.69. The van der Waals surface area contributed by atoms with E-state index in [2.05, 4.69) is 40.0 Å². The predicted octanol–water partition coefficient (Wildman–Crippen LogP) is 4.56. The Kier molecular flexibility index (Phi) is 6.71. The second kappa shape index (κ2) is 9.43. The highest BCUT2D eigenvalue weighted by molar-refractivity contribution is 5.43. The molecule has 4 rings (SSSR count). The summed E-state index contributed by atoms with van der Waals surface area (Å²) in [5.74, 6) is 3.66. The monoisotopic (exact) mass is 385 g/mol. The van der Waals surface area contributed by atoms with Gasteiger partial charge in [0.05, 0.1) is 0 Å². The molecule has 0 spiro atoms. The van der Waals surface area contributed by atoms with E-state index in [0.29, 0.717) is 6.04 Å². The molecule has 1 aliphatic carbocycles. The molecule has 1 saturated carbocycles. The summed E-state index contributed by atoms with van der Waals surface area (Å²) in [6.45, 7) is 9.53. The number of hydrogen-bond acceptors (Lipinski definition) is 5. The van der Waals surface area contributed by atoms with Crippen LogP contribution in [-0.4, -0.2) is 53.1 Å². The standard InChI is InChI=1S/C23H39N5/c1-18-14-19(2)16-21(15-18)28-13-7-8-20(17-28)25-23-24-10-9-22(26-23)27-11-5-3-4-6-12-27/h9-10,18-21H,3-8,11-17H2,1-2H3,(H,24,25,26)/t18?,19?,20-,21?/m0/s1. The van der Waals surface area contributed by atoms with Gasteiger partial charge in [-0.05, 0) is 69.4 Å². The summed E-state index contributed by atoms with van der Waals surface area (Å²) in [6, 6.07) is 3.32. The van der Waals surface area contributed by atoms with E-state index < -0.39 is 0 Å². The maximum atomic E-state index is 4.88. The van der Waals surface area contributed by atoms with E-state index in [1.54, 1.807) is 0 Å². The first-order valence-corrected chi connectivity index (χ1v) is 11.8. The van der Waals surface area contributed by atoms with Crippen LogP contribution in [0.4, 0.5) is 11.8 Å². The van der Waals surface area contributed by atoms with E-state index in [1.807, 2.05) is 6.20 Å². The minimum atomic E-state index is 0.473. The number of aromatic nitrogens is 2. The van der Waals surface area contributed by atoms with E-state index in [0.717, 1.165) is 49.3 Å². The van der Waals surface area contributed by atoms with Crippen LogP contribution in [0, 0.1) is 11.8 Å². The van der Waals surface area contributed by atoms with Gasteiger partial charge < -0.3 is 10.2 Å². The minimum Gasteiger partial charge on any atom is -0.356 e. The molecule has 2 unspecified atom stereocenters. The Balaban J connectivity index is 1.36. The van der Waals surface area contributed by atoms with Crippen molar-refractivity contribution in [3.63, 3.8) is 0 Å². The van der Waals surface area contributed by atoms with E-state index in [9.17, 15) is 0 Å². The fourth-order valence-electron chi connectivity index (χ4n) is 5.74. The van der Waals surface area contributed by atoms with Crippen molar-refractivity contribution >= 4 is 11.8 Å². The maximum Gasteiger partial charge on any atom is 0.224 e. The highest BCUT2D eigenvalue weighted by atomic mass is 15.2. The van der Waals surface area contributed by atoms with Crippen molar-refractivity contribution in [1.82, 2.24) is 14.9 Å². The van der Waals surface area contributed by atoms with Gasteiger partial charge in [0.2, 0.25) is 5.95 Å². The third-order valence-electron chi connectivity index (χ3n) is 7.03. The average Bonchev–Trinajstić information content (AvgIpc) is 2.97. The number of piperidine rings is 1. The number of hydrogen-bond donors (Lipinski definition) is 1. The molecular weight excluding hydrogens is 346 g/mol. The lowest BCUT2D eigenvalue weighted by Gasteiger charge is -2.43. The highest BCUT2D eigenvalue weighted by Gasteiger charge is 2.31. The van der Waals surface area contributed by atoms with Gasteiger partial charge in [0, 0.05) is 37.9 Å². The SMILES string of the molecule is CC1CC(C)CC(N2CCC[C@H](Nc3nccc(N4CCCCCC4)n3)C2)C1. The molecule has 1 aromatic rings. The van der Waals surface area contributed by atoms with Crippen molar-refractivity contribution in [2.75, 3.05) is 36.4 Å². The molecule has 3 aliphatic rings. The van der Waals surface area contributed by atoms with Gasteiger partial charge >= 0.3 is 0 Å². The Morgan fingerprint density at radius 2 is 1.68 bits per heavy atom. The number of nitrogens with zero attached hydrogens (tertiary/aromatic N) is 4. The molecule has 0 amide bonds. The lowest BCUT2D eigenvalue weighted by Crippen LogP contribution is -2.49. The molecule has 3 atom stereocenters. The summed E-state index contributed by atoms with van der Waals surface area (Å²) in [5.41, 5.74) is 0. The summed E-state index contributed by atoms with van der Waals surface area (Å²) in [5, 5.41) is 3.68. The van der Waals surface area contributed by atoms with Crippen LogP contribution in [0.1, 0.15) is 71.6 Å². The quantitative estimate of drug-likeness (QED) is 0.823. The van der Waals surface area contributed by atoms with Crippen LogP contribution < -0.4 is 10.2 Å². The Hall–Kier alpha value is -1.36. The van der Waals surface area contributed by atoms with Crippen LogP contribution in [0.3, 0.4) is 0 Å². The van der Waals surface area contributed by atoms with Gasteiger partial charge in [-0.3, -0.25) is 4.90 Å². The third kappa shape index (κ3) is 5.16. The van der Waals surface area contributed by atoms with E-state index in [-0.39, 0.29) is 0 Å². The lowest BCUT2D eigenvalue weighted by atomic mass is 9.79. The normalized spacial score (nSPS) is 32.7. The topological polar surface area (TPSA) is 44.3 Å². The smallest absolute Gasteiger partial charge is 0.224 e. The molecule has 156 valence electrons. The van der Waals surface area contributed by atoms with Crippen molar-refractivity contribution < 1.29 is 0 Å². The summed E-state index contributed by atoms with van der Waals surface area (Å²) in [4.78, 5) is 14.6. The summed E-state index contributed by atoms with van der Waals surface area (Å²) in [6.07, 6.45) is 13.9. The molecule has 0 aromatic carbocycles. The third-order valence-corrected chi connectivity index (χ3v) is 7.03. The van der Waals surface area contributed by atoms with Crippen molar-refractivity contribution in [3.05, 3.63) is 12.3 Å². The summed E-state index contributed by atoms with van der Waals surface area (Å²) >= 11 is 0. The van der Waals surface area contributed by atoms with Crippen LogP contribution in [0.2, 0.25) is 0 Å². The van der Waals surface area contributed by atoms with E-state index >= 15 is 0 Å². The highest BCUT2D eigenvalue weighted by Crippen LogP contribution is 2.33.